The highest BCUT2D eigenvalue weighted by molar-refractivity contribution is 7.89. The fourth-order valence-electron chi connectivity index (χ4n) is 1.98. The first kappa shape index (κ1) is 14.2. The highest BCUT2D eigenvalue weighted by atomic mass is 32.2. The second-order valence-corrected chi connectivity index (χ2v) is 6.68. The number of rotatable bonds is 4. The van der Waals surface area contributed by atoms with E-state index in [9.17, 15) is 12.8 Å². The van der Waals surface area contributed by atoms with Gasteiger partial charge in [0.2, 0.25) is 10.0 Å². The van der Waals surface area contributed by atoms with Crippen molar-refractivity contribution in [3.63, 3.8) is 0 Å². The van der Waals surface area contributed by atoms with Gasteiger partial charge in [-0.1, -0.05) is 0 Å². The van der Waals surface area contributed by atoms with Gasteiger partial charge in [-0.15, -0.1) is 0 Å². The number of benzene rings is 1. The van der Waals surface area contributed by atoms with Crippen molar-refractivity contribution in [3.05, 3.63) is 24.0 Å². The maximum Gasteiger partial charge on any atom is 0.240 e. The molecule has 1 fully saturated rings. The maximum atomic E-state index is 13.3. The van der Waals surface area contributed by atoms with E-state index in [2.05, 4.69) is 4.72 Å². The molecule has 2 rings (SSSR count). The van der Waals surface area contributed by atoms with E-state index in [4.69, 9.17) is 10.5 Å². The number of hydrogen-bond donors (Lipinski definition) is 2. The van der Waals surface area contributed by atoms with Gasteiger partial charge in [-0.3, -0.25) is 0 Å². The Balaban J connectivity index is 2.11. The molecule has 0 bridgehead atoms. The van der Waals surface area contributed by atoms with E-state index in [1.165, 1.54) is 12.1 Å². The van der Waals surface area contributed by atoms with Crippen LogP contribution in [0.25, 0.3) is 0 Å². The number of hydrogen-bond acceptors (Lipinski definition) is 4. The molecule has 1 aromatic carbocycles. The summed E-state index contributed by atoms with van der Waals surface area (Å²) in [5.41, 5.74) is 4.75. The van der Waals surface area contributed by atoms with E-state index in [0.717, 1.165) is 18.9 Å². The summed E-state index contributed by atoms with van der Waals surface area (Å²) in [5.74, 6) is -0.744. The number of nitrogens with two attached hydrogens (primary N) is 1. The molecular formula is C12H17FN2O3S. The summed E-state index contributed by atoms with van der Waals surface area (Å²) < 4.78 is 45.3. The molecule has 1 atom stereocenters. The molecule has 0 amide bonds. The third-order valence-electron chi connectivity index (χ3n) is 3.22. The standard InChI is InChI=1S/C12H17FN2O3S/c1-12(5-2-6-18-12)8-15-19(16,17)9-3-4-11(14)10(13)7-9/h3-4,7,15H,2,5-6,8,14H2,1H3. The first-order valence-corrected chi connectivity index (χ1v) is 7.49. The second kappa shape index (κ2) is 5.07. The molecule has 0 aliphatic carbocycles. The Labute approximate surface area is 112 Å². The van der Waals surface area contributed by atoms with Crippen LogP contribution in [0.15, 0.2) is 23.1 Å². The zero-order valence-corrected chi connectivity index (χ0v) is 11.5. The average molecular weight is 288 g/mol. The van der Waals surface area contributed by atoms with E-state index < -0.39 is 21.4 Å². The largest absolute Gasteiger partial charge is 0.396 e. The van der Waals surface area contributed by atoms with Crippen LogP contribution in [0, 0.1) is 5.82 Å². The number of nitrogen functional groups attached to an aromatic ring is 1. The summed E-state index contributed by atoms with van der Waals surface area (Å²) in [6, 6.07) is 3.42. The topological polar surface area (TPSA) is 81.4 Å². The quantitative estimate of drug-likeness (QED) is 0.817. The predicted octanol–water partition coefficient (Wildman–Crippen LogP) is 1.26. The number of ether oxygens (including phenoxy) is 1. The molecule has 1 aromatic rings. The van der Waals surface area contributed by atoms with E-state index in [1.54, 1.807) is 0 Å². The third-order valence-corrected chi connectivity index (χ3v) is 4.62. The molecule has 19 heavy (non-hydrogen) atoms. The first-order valence-electron chi connectivity index (χ1n) is 6.01. The Bertz CT molecular complexity index is 568. The van der Waals surface area contributed by atoms with Crippen molar-refractivity contribution in [2.45, 2.75) is 30.3 Å². The summed E-state index contributed by atoms with van der Waals surface area (Å²) in [6.07, 6.45) is 1.71. The van der Waals surface area contributed by atoms with Gasteiger partial charge in [-0.2, -0.15) is 0 Å². The third kappa shape index (κ3) is 3.23. The fraction of sp³-hybridized carbons (Fsp3) is 0.500. The number of nitrogens with one attached hydrogen (secondary N) is 1. The molecule has 0 radical (unpaired) electrons. The molecule has 1 heterocycles. The van der Waals surface area contributed by atoms with Gasteiger partial charge in [-0.05, 0) is 38.0 Å². The second-order valence-electron chi connectivity index (χ2n) is 4.91. The van der Waals surface area contributed by atoms with Crippen molar-refractivity contribution in [2.75, 3.05) is 18.9 Å². The first-order chi connectivity index (χ1) is 8.82. The van der Waals surface area contributed by atoms with Crippen molar-refractivity contribution in [1.29, 1.82) is 0 Å². The van der Waals surface area contributed by atoms with Gasteiger partial charge in [0.15, 0.2) is 0 Å². The van der Waals surface area contributed by atoms with Gasteiger partial charge in [-0.25, -0.2) is 17.5 Å². The van der Waals surface area contributed by atoms with Crippen molar-refractivity contribution in [2.24, 2.45) is 0 Å². The maximum absolute atomic E-state index is 13.3. The van der Waals surface area contributed by atoms with Gasteiger partial charge in [0.1, 0.15) is 5.82 Å². The minimum Gasteiger partial charge on any atom is -0.396 e. The number of sulfonamides is 1. The Hall–Kier alpha value is -1.18. The lowest BCUT2D eigenvalue weighted by molar-refractivity contribution is 0.0250. The molecule has 1 saturated heterocycles. The predicted molar refractivity (Wildman–Crippen MR) is 69.6 cm³/mol. The van der Waals surface area contributed by atoms with Crippen LogP contribution >= 0.6 is 0 Å². The van der Waals surface area contributed by atoms with Crippen LogP contribution in [0.5, 0.6) is 0 Å². The molecule has 0 spiro atoms. The average Bonchev–Trinajstić information content (AvgIpc) is 2.78. The van der Waals surface area contributed by atoms with Gasteiger partial charge < -0.3 is 10.5 Å². The summed E-state index contributed by atoms with van der Waals surface area (Å²) in [7, 11) is -3.75. The SMILES string of the molecule is CC1(CNS(=O)(=O)c2ccc(N)c(F)c2)CCCO1. The molecule has 0 aromatic heterocycles. The molecule has 0 saturated carbocycles. The van der Waals surface area contributed by atoms with E-state index in [-0.39, 0.29) is 17.1 Å². The van der Waals surface area contributed by atoms with Crippen molar-refractivity contribution >= 4 is 15.7 Å². The lowest BCUT2D eigenvalue weighted by atomic mass is 10.0. The zero-order chi connectivity index (χ0) is 14.1. The molecule has 1 aliphatic heterocycles. The van der Waals surface area contributed by atoms with E-state index >= 15 is 0 Å². The van der Waals surface area contributed by atoms with Crippen LogP contribution < -0.4 is 10.5 Å². The fourth-order valence-corrected chi connectivity index (χ4v) is 3.15. The van der Waals surface area contributed by atoms with Gasteiger partial charge in [0.05, 0.1) is 16.2 Å². The lowest BCUT2D eigenvalue weighted by Crippen LogP contribution is -2.40. The number of halogens is 1. The van der Waals surface area contributed by atoms with Crippen molar-refractivity contribution in [3.8, 4) is 0 Å². The van der Waals surface area contributed by atoms with Crippen molar-refractivity contribution in [1.82, 2.24) is 4.72 Å². The van der Waals surface area contributed by atoms with E-state index in [1.807, 2.05) is 6.92 Å². The highest BCUT2D eigenvalue weighted by Gasteiger charge is 2.31. The molecule has 5 nitrogen and oxygen atoms in total. The monoisotopic (exact) mass is 288 g/mol. The van der Waals surface area contributed by atoms with Crippen LogP contribution in [0.1, 0.15) is 19.8 Å². The molecule has 1 aliphatic rings. The molecule has 7 heteroatoms. The number of anilines is 1. The smallest absolute Gasteiger partial charge is 0.240 e. The van der Waals surface area contributed by atoms with E-state index in [0.29, 0.717) is 6.61 Å². The minimum absolute atomic E-state index is 0.0787. The Kier molecular flexibility index (Phi) is 3.80. The molecule has 106 valence electrons. The van der Waals surface area contributed by atoms with Gasteiger partial charge in [0.25, 0.3) is 0 Å². The Morgan fingerprint density at radius 1 is 1.53 bits per heavy atom. The van der Waals surface area contributed by atoms with Gasteiger partial charge in [0, 0.05) is 13.2 Å². The van der Waals surface area contributed by atoms with Crippen LogP contribution in [0.2, 0.25) is 0 Å². The summed E-state index contributed by atoms with van der Waals surface area (Å²) >= 11 is 0. The molecular weight excluding hydrogens is 271 g/mol. The van der Waals surface area contributed by atoms with Crippen LogP contribution in [0.3, 0.4) is 0 Å². The lowest BCUT2D eigenvalue weighted by Gasteiger charge is -2.23. The summed E-state index contributed by atoms with van der Waals surface area (Å²) in [5, 5.41) is 0. The highest BCUT2D eigenvalue weighted by Crippen LogP contribution is 2.25. The van der Waals surface area contributed by atoms with Crippen molar-refractivity contribution < 1.29 is 17.5 Å². The van der Waals surface area contributed by atoms with Gasteiger partial charge >= 0.3 is 0 Å². The zero-order valence-electron chi connectivity index (χ0n) is 10.6. The Morgan fingerprint density at radius 3 is 2.84 bits per heavy atom. The molecule has 1 unspecified atom stereocenters. The van der Waals surface area contributed by atoms with Crippen LogP contribution in [0.4, 0.5) is 10.1 Å². The normalized spacial score (nSPS) is 23.7. The van der Waals surface area contributed by atoms with Crippen LogP contribution in [-0.4, -0.2) is 27.2 Å². The van der Waals surface area contributed by atoms with Crippen LogP contribution in [-0.2, 0) is 14.8 Å². The minimum atomic E-state index is -3.75. The molecule has 3 N–H and O–H groups in total. The summed E-state index contributed by atoms with van der Waals surface area (Å²) in [4.78, 5) is -0.138. The summed E-state index contributed by atoms with van der Waals surface area (Å²) in [6.45, 7) is 2.65. The Morgan fingerprint density at radius 2 is 2.26 bits per heavy atom.